The van der Waals surface area contributed by atoms with Crippen LogP contribution in [0.4, 0.5) is 0 Å². The normalized spacial score (nSPS) is 30.4. The van der Waals surface area contributed by atoms with Crippen LogP contribution < -0.4 is 0 Å². The SMILES string of the molecule is C=CCC(O)c1ccc2c3c(cccc13)C(C)C2C.C=CCC(O)c1ccc2c3c(cccc13)C(C)C2C1C2CCC(C2)C1C. The fourth-order valence-electron chi connectivity index (χ4n) is 10.3. The van der Waals surface area contributed by atoms with Crippen molar-refractivity contribution in [3.05, 3.63) is 119 Å². The lowest BCUT2D eigenvalue weighted by atomic mass is 9.68. The summed E-state index contributed by atoms with van der Waals surface area (Å²) in [5.74, 6) is 5.96. The van der Waals surface area contributed by atoms with Gasteiger partial charge in [-0.2, -0.15) is 0 Å². The third-order valence-electron chi connectivity index (χ3n) is 12.7. The Kier molecular flexibility index (Phi) is 8.03. The molecule has 0 radical (unpaired) electrons. The van der Waals surface area contributed by atoms with Gasteiger partial charge in [0.2, 0.25) is 0 Å². The Balaban J connectivity index is 0.000000152. The minimum atomic E-state index is -0.451. The molecule has 0 spiro atoms. The van der Waals surface area contributed by atoms with Crippen molar-refractivity contribution in [3.63, 3.8) is 0 Å². The molecular weight excluding hydrogens is 548 g/mol. The first kappa shape index (κ1) is 30.5. The Bertz CT molecular complexity index is 1750. The minimum Gasteiger partial charge on any atom is -0.388 e. The summed E-state index contributed by atoms with van der Waals surface area (Å²) < 4.78 is 0. The van der Waals surface area contributed by atoms with Crippen LogP contribution in [0.15, 0.2) is 86.0 Å². The predicted octanol–water partition coefficient (Wildman–Crippen LogP) is 11.0. The van der Waals surface area contributed by atoms with Crippen molar-refractivity contribution in [1.82, 2.24) is 0 Å². The largest absolute Gasteiger partial charge is 0.388 e. The fraction of sp³-hybridized carbons (Fsp3) is 0.442. The van der Waals surface area contributed by atoms with Gasteiger partial charge < -0.3 is 10.2 Å². The lowest BCUT2D eigenvalue weighted by molar-refractivity contribution is 0.182. The first-order valence-electron chi connectivity index (χ1n) is 17.4. The Hall–Kier alpha value is -3.20. The first-order valence-corrected chi connectivity index (χ1v) is 17.4. The van der Waals surface area contributed by atoms with Crippen LogP contribution in [0.1, 0.15) is 129 Å². The van der Waals surface area contributed by atoms with Gasteiger partial charge in [-0.3, -0.25) is 0 Å². The van der Waals surface area contributed by atoms with Crippen LogP contribution in [0.3, 0.4) is 0 Å². The molecule has 4 aromatic carbocycles. The van der Waals surface area contributed by atoms with E-state index in [1.807, 2.05) is 6.08 Å². The zero-order valence-corrected chi connectivity index (χ0v) is 27.5. The number of fused-ring (bicyclic) bond motifs is 2. The van der Waals surface area contributed by atoms with Crippen molar-refractivity contribution < 1.29 is 10.2 Å². The molecular formula is C43H50O2. The van der Waals surface area contributed by atoms with Gasteiger partial charge in [0.25, 0.3) is 0 Å². The molecule has 4 aromatic rings. The lowest BCUT2D eigenvalue weighted by Gasteiger charge is -2.36. The standard InChI is InChI=1S/C25H30O.C18H20O/c1-4-6-22(26)19-11-12-21-24(23-14(2)16-9-10-17(23)13-16)15(3)18-7-5-8-20(19)25(18)21;1-4-6-17(19)15-10-9-14-12(3)11(2)13-7-5-8-16(15)18(13)14/h4-5,7-8,11-12,14-17,22-24,26H,1,6,9-10,13H2,2-3H3;4-5,7-12,17,19H,1,6H2,2-3H3. The van der Waals surface area contributed by atoms with Gasteiger partial charge >= 0.3 is 0 Å². The fourth-order valence-corrected chi connectivity index (χ4v) is 10.3. The molecule has 4 aliphatic rings. The molecule has 0 aliphatic heterocycles. The van der Waals surface area contributed by atoms with E-state index < -0.39 is 12.2 Å². The topological polar surface area (TPSA) is 40.5 Å². The van der Waals surface area contributed by atoms with Crippen molar-refractivity contribution in [1.29, 1.82) is 0 Å². The third kappa shape index (κ3) is 4.74. The highest BCUT2D eigenvalue weighted by molar-refractivity contribution is 5.96. The zero-order chi connectivity index (χ0) is 31.6. The summed E-state index contributed by atoms with van der Waals surface area (Å²) in [6.45, 7) is 17.1. The van der Waals surface area contributed by atoms with Crippen LogP contribution in [0.2, 0.25) is 0 Å². The maximum atomic E-state index is 10.6. The molecule has 0 aromatic heterocycles. The molecule has 45 heavy (non-hydrogen) atoms. The monoisotopic (exact) mass is 598 g/mol. The van der Waals surface area contributed by atoms with E-state index in [0.29, 0.717) is 36.5 Å². The highest BCUT2D eigenvalue weighted by Gasteiger charge is 2.51. The molecule has 234 valence electrons. The molecule has 2 heteroatoms. The van der Waals surface area contributed by atoms with Gasteiger partial charge in [0.05, 0.1) is 12.2 Å². The van der Waals surface area contributed by atoms with Gasteiger partial charge in [-0.05, 0) is 134 Å². The average molecular weight is 599 g/mol. The van der Waals surface area contributed by atoms with Crippen molar-refractivity contribution >= 4 is 21.5 Å². The van der Waals surface area contributed by atoms with Gasteiger partial charge in [-0.25, -0.2) is 0 Å². The number of benzene rings is 4. The quantitative estimate of drug-likeness (QED) is 0.208. The van der Waals surface area contributed by atoms with E-state index in [2.05, 4.69) is 102 Å². The second-order valence-electron chi connectivity index (χ2n) is 14.8. The molecule has 10 unspecified atom stereocenters. The zero-order valence-electron chi connectivity index (χ0n) is 27.5. The summed E-state index contributed by atoms with van der Waals surface area (Å²) >= 11 is 0. The molecule has 4 aliphatic carbocycles. The molecule has 0 heterocycles. The lowest BCUT2D eigenvalue weighted by Crippen LogP contribution is -2.27. The second-order valence-corrected chi connectivity index (χ2v) is 14.8. The van der Waals surface area contributed by atoms with Gasteiger partial charge in [-0.15, -0.1) is 13.2 Å². The predicted molar refractivity (Wildman–Crippen MR) is 189 cm³/mol. The van der Waals surface area contributed by atoms with Gasteiger partial charge in [0, 0.05) is 0 Å². The van der Waals surface area contributed by atoms with E-state index in [-0.39, 0.29) is 0 Å². The molecule has 2 saturated carbocycles. The molecule has 0 amide bonds. The Morgan fingerprint density at radius 1 is 0.644 bits per heavy atom. The van der Waals surface area contributed by atoms with Crippen LogP contribution in [0, 0.1) is 23.7 Å². The van der Waals surface area contributed by atoms with Crippen molar-refractivity contribution in [2.45, 2.75) is 95.7 Å². The van der Waals surface area contributed by atoms with Crippen LogP contribution >= 0.6 is 0 Å². The van der Waals surface area contributed by atoms with Crippen LogP contribution in [-0.4, -0.2) is 10.2 Å². The summed E-state index contributed by atoms with van der Waals surface area (Å²) in [6.07, 6.45) is 8.27. The first-order chi connectivity index (χ1) is 21.8. The van der Waals surface area contributed by atoms with E-state index >= 15 is 0 Å². The van der Waals surface area contributed by atoms with Gasteiger partial charge in [0.15, 0.2) is 0 Å². The molecule has 2 bridgehead atoms. The molecule has 2 nitrogen and oxygen atoms in total. The van der Waals surface area contributed by atoms with Crippen LogP contribution in [-0.2, 0) is 0 Å². The summed E-state index contributed by atoms with van der Waals surface area (Å²) in [4.78, 5) is 0. The maximum Gasteiger partial charge on any atom is 0.0830 e. The Morgan fingerprint density at radius 3 is 1.67 bits per heavy atom. The van der Waals surface area contributed by atoms with Crippen molar-refractivity contribution in [2.24, 2.45) is 23.7 Å². The molecule has 8 rings (SSSR count). The summed E-state index contributed by atoms with van der Waals surface area (Å²) in [7, 11) is 0. The number of aliphatic hydroxyl groups is 2. The Labute approximate surface area is 269 Å². The van der Waals surface area contributed by atoms with E-state index in [0.717, 1.165) is 34.8 Å². The maximum absolute atomic E-state index is 10.6. The highest BCUT2D eigenvalue weighted by Crippen LogP contribution is 2.62. The second kappa shape index (κ2) is 11.9. The van der Waals surface area contributed by atoms with Crippen molar-refractivity contribution in [2.75, 3.05) is 0 Å². The van der Waals surface area contributed by atoms with Gasteiger partial charge in [0.1, 0.15) is 0 Å². The van der Waals surface area contributed by atoms with Crippen LogP contribution in [0.5, 0.6) is 0 Å². The molecule has 10 atom stereocenters. The molecule has 2 N–H and O–H groups in total. The minimum absolute atomic E-state index is 0.451. The van der Waals surface area contributed by atoms with Crippen molar-refractivity contribution in [3.8, 4) is 0 Å². The molecule has 2 fully saturated rings. The van der Waals surface area contributed by atoms with E-state index in [4.69, 9.17) is 0 Å². The highest BCUT2D eigenvalue weighted by atomic mass is 16.3. The number of aliphatic hydroxyl groups excluding tert-OH is 2. The van der Waals surface area contributed by atoms with Gasteiger partial charge in [-0.1, -0.05) is 101 Å². The summed E-state index contributed by atoms with van der Waals surface area (Å²) in [5, 5.41) is 26.2. The van der Waals surface area contributed by atoms with E-state index in [9.17, 15) is 10.2 Å². The summed E-state index contributed by atoms with van der Waals surface area (Å²) in [6, 6.07) is 22.0. The number of hydrogen-bond acceptors (Lipinski definition) is 2. The molecule has 0 saturated heterocycles. The van der Waals surface area contributed by atoms with Crippen LogP contribution in [0.25, 0.3) is 21.5 Å². The van der Waals surface area contributed by atoms with E-state index in [1.165, 1.54) is 57.5 Å². The Morgan fingerprint density at radius 2 is 1.13 bits per heavy atom. The average Bonchev–Trinajstić information content (AvgIpc) is 3.78. The number of rotatable bonds is 7. The third-order valence-corrected chi connectivity index (χ3v) is 12.7. The van der Waals surface area contributed by atoms with E-state index in [1.54, 1.807) is 11.6 Å². The number of hydrogen-bond donors (Lipinski definition) is 2. The smallest absolute Gasteiger partial charge is 0.0830 e. The summed E-state index contributed by atoms with van der Waals surface area (Å²) in [5.41, 5.74) is 8.01.